The van der Waals surface area contributed by atoms with E-state index < -0.39 is 235 Å². The Kier molecular flexibility index (Phi) is 40.2. The molecule has 2 saturated heterocycles. The Morgan fingerprint density at radius 1 is 0.539 bits per heavy atom. The smallest absolute Gasteiger partial charge is 0.246 e. The molecule has 698 valence electrons. The number of fused-ring (bicyclic) bond motifs is 3. The fourth-order valence-electron chi connectivity index (χ4n) is 15.5. The average molecular weight is 1800 g/mol. The highest BCUT2D eigenvalue weighted by Gasteiger charge is 2.44. The quantitative estimate of drug-likeness (QED) is 0.0169. The second-order valence-electron chi connectivity index (χ2n) is 32.9. The highest BCUT2D eigenvalue weighted by atomic mass is 32.2. The van der Waals surface area contributed by atoms with Crippen LogP contribution in [0.2, 0.25) is 0 Å². The van der Waals surface area contributed by atoms with E-state index in [0.29, 0.717) is 64.2 Å². The number of amides is 16. The fourth-order valence-corrected chi connectivity index (χ4v) is 16.3. The highest BCUT2D eigenvalue weighted by molar-refractivity contribution is 8.00. The molecule has 0 saturated carbocycles. The first-order valence-corrected chi connectivity index (χ1v) is 44.2. The van der Waals surface area contributed by atoms with Crippen LogP contribution in [0.25, 0.3) is 21.8 Å². The number of nitrogens with one attached hydrogen (secondary N) is 14. The monoisotopic (exact) mass is 1800 g/mol. The van der Waals surface area contributed by atoms with Crippen molar-refractivity contribution in [3.63, 3.8) is 0 Å². The van der Waals surface area contributed by atoms with Gasteiger partial charge in [0.1, 0.15) is 66.5 Å². The zero-order valence-electron chi connectivity index (χ0n) is 73.8. The van der Waals surface area contributed by atoms with E-state index in [4.69, 9.17) is 22.6 Å². The third-order valence-corrected chi connectivity index (χ3v) is 23.7. The lowest BCUT2D eigenvalue weighted by Gasteiger charge is -2.34. The molecular weight excluding hydrogens is 1680 g/mol. The maximum atomic E-state index is 15.7. The molecule has 0 radical (unpaired) electrons. The van der Waals surface area contributed by atoms with Crippen LogP contribution in [0.1, 0.15) is 135 Å². The molecule has 4 heterocycles. The van der Waals surface area contributed by atoms with E-state index >= 15 is 19.2 Å². The number of carbonyl (C=O) groups excluding carboxylic acids is 17. The van der Waals surface area contributed by atoms with Gasteiger partial charge in [-0.15, -0.1) is 11.8 Å². The summed E-state index contributed by atoms with van der Waals surface area (Å²) in [5, 5.41) is 59.5. The Balaban J connectivity index is 1.29. The van der Waals surface area contributed by atoms with Crippen molar-refractivity contribution in [2.75, 3.05) is 72.0 Å². The van der Waals surface area contributed by atoms with Gasteiger partial charge >= 0.3 is 0 Å². The van der Waals surface area contributed by atoms with Crippen molar-refractivity contribution in [1.29, 1.82) is 5.41 Å². The van der Waals surface area contributed by atoms with E-state index in [-0.39, 0.29) is 83.2 Å². The molecule has 0 bridgehead atoms. The van der Waals surface area contributed by atoms with Gasteiger partial charge in [-0.05, 0) is 86.6 Å². The summed E-state index contributed by atoms with van der Waals surface area (Å²) in [6.45, 7) is 6.30. The number of unbranched alkanes of at least 4 members (excludes halogenated alkanes) is 2. The number of para-hydroxylation sites is 2. The Hall–Kier alpha value is -12.5. The van der Waals surface area contributed by atoms with E-state index in [1.807, 2.05) is 13.8 Å². The van der Waals surface area contributed by atoms with Gasteiger partial charge in [0.2, 0.25) is 94.5 Å². The number of aliphatic hydroxyl groups is 2. The Morgan fingerprint density at radius 3 is 1.65 bits per heavy atom. The molecule has 1 unspecified atom stereocenters. The van der Waals surface area contributed by atoms with E-state index in [2.05, 4.69) is 68.5 Å². The summed E-state index contributed by atoms with van der Waals surface area (Å²) in [5.74, 6) is -19.7. The van der Waals surface area contributed by atoms with Crippen LogP contribution in [0.3, 0.4) is 0 Å². The molecule has 0 aliphatic carbocycles. The van der Waals surface area contributed by atoms with Crippen molar-refractivity contribution in [2.24, 2.45) is 35.0 Å². The summed E-state index contributed by atoms with van der Waals surface area (Å²) in [7, 11) is 3.86. The van der Waals surface area contributed by atoms with Crippen LogP contribution in [0.15, 0.2) is 91.3 Å². The maximum absolute atomic E-state index is 15.7. The number of rotatable bonds is 25. The number of likely N-dealkylation sites (N-methyl/N-ethyl adjacent to an activating group) is 3. The summed E-state index contributed by atoms with van der Waals surface area (Å²) in [4.78, 5) is 257. The number of nitrogens with two attached hydrogens (primary N) is 3. The molecule has 3 aromatic carbocycles. The number of carbonyl (C=O) groups is 17. The summed E-state index contributed by atoms with van der Waals surface area (Å²) in [6.07, 6.45) is 3.66. The van der Waals surface area contributed by atoms with E-state index in [1.54, 1.807) is 105 Å². The zero-order valence-corrected chi connectivity index (χ0v) is 74.7. The third-order valence-electron chi connectivity index (χ3n) is 22.7. The van der Waals surface area contributed by atoms with Crippen molar-refractivity contribution in [3.8, 4) is 0 Å². The number of benzene rings is 3. The van der Waals surface area contributed by atoms with Crippen LogP contribution in [0.5, 0.6) is 0 Å². The molecule has 14 atom stereocenters. The molecule has 5 aromatic rings. The molecule has 41 heteroatoms. The highest BCUT2D eigenvalue weighted by Crippen LogP contribution is 2.29. The number of ketones is 1. The van der Waals surface area contributed by atoms with Gasteiger partial charge < -0.3 is 115 Å². The number of hydrogen-bond acceptors (Lipinski definition) is 21. The Labute approximate surface area is 746 Å². The first-order chi connectivity index (χ1) is 60.9. The lowest BCUT2D eigenvalue weighted by atomic mass is 9.81. The standard InChI is InChI=1S/C87H125N21O19S/c1-10-12-25-54-49(5)74(115)68(31-13-11-2)107(9)85(126)63(38-53-41-94-58-29-20-18-27-56(53)58)101-80(121)65(44-109)102-79(120)60(37-52-40-93-57-28-19-17-26-55(52)57)96-72(113)43-105(7)83(124)61(35-48(3)4)100-81(122)66(45-110)103-82(123)69-32-22-34-108(69)86(127)64(39-70(88)111)99-75(116)50(6)106(8)84(125)62(36-51-23-15-14-16-24-51)97-73(114)47-128-46-67(77(118)95-42-71(89)112)104-78(119)59(98-76(54)117)30-21-33-92-87(90)91/h14-20,23-24,26-29,40-41,48-50,54,59-69,93-94,109-110H,10-13,21-22,25,30-39,42-47H2,1-9H3,(H2,88,111)(H2,89,112)(H,95,118)(H,96,113)(H,97,114)(H,98,117)(H,99,116)(H,100,122)(H,101,121)(H,102,120)(H,103,123)(H,104,119)(H4,90,91,92)/t49?,50-,54+,59-,60-,61-,62-,63-,64-,65-,66-,67-,68-,69-/m0/s1. The molecule has 40 nitrogen and oxygen atoms in total. The number of aliphatic hydroxyl groups excluding tert-OH is 2. The first kappa shape index (κ1) is 103. The number of aromatic nitrogens is 2. The Morgan fingerprint density at radius 2 is 1.06 bits per heavy atom. The van der Waals surface area contributed by atoms with Gasteiger partial charge in [0.05, 0.1) is 44.5 Å². The van der Waals surface area contributed by atoms with E-state index in [9.17, 15) is 72.5 Å². The average Bonchev–Trinajstić information content (AvgIpc) is 1.57. The number of hydrogen-bond donors (Lipinski definition) is 19. The van der Waals surface area contributed by atoms with Gasteiger partial charge in [-0.3, -0.25) is 86.9 Å². The summed E-state index contributed by atoms with van der Waals surface area (Å²) >= 11 is 0.795. The minimum absolute atomic E-state index is 0.0102. The minimum Gasteiger partial charge on any atom is -0.394 e. The minimum atomic E-state index is -1.85. The zero-order chi connectivity index (χ0) is 94.2. The third kappa shape index (κ3) is 29.8. The normalized spacial score (nSPS) is 24.4. The second kappa shape index (κ2) is 50.1. The SMILES string of the molecule is CCCC[C@H]1C(=O)N[C@@H](CCCNC(=N)N)C(=O)N[C@H](C(=O)NCC(N)=O)CSCC(=O)N[C@@H](Cc2ccccc2)C(=O)N(C)[C@@H](C)C(=O)N[C@@H](CC(N)=O)C(=O)N2CCC[C@H]2C(=O)N[C@@H](CO)C(=O)N[C@@H](CC(C)C)C(=O)N(C)CC(=O)N[C@@H](Cc2c[nH]c3ccccc23)C(=O)N[C@@H](CO)C(=O)N[C@@H](Cc2c[nH]c3ccccc23)C(=O)N(C)[C@@H](CCCC)C(=O)C1C. The van der Waals surface area contributed by atoms with Gasteiger partial charge in [-0.1, -0.05) is 127 Å². The lowest BCUT2D eigenvalue weighted by Crippen LogP contribution is -2.60. The molecule has 16 amide bonds. The lowest BCUT2D eigenvalue weighted by molar-refractivity contribution is -0.145. The van der Waals surface area contributed by atoms with Crippen LogP contribution in [0.4, 0.5) is 0 Å². The number of primary amides is 2. The number of H-pyrrole nitrogens is 2. The number of Topliss-reactive ketones (excluding diaryl/α,β-unsaturated/α-hetero) is 1. The molecule has 0 spiro atoms. The molecule has 2 aliphatic heterocycles. The van der Waals surface area contributed by atoms with Crippen molar-refractivity contribution in [3.05, 3.63) is 108 Å². The number of thioether (sulfide) groups is 1. The molecular formula is C87H125N21O19S. The fraction of sp³-hybridized carbons (Fsp3) is 0.540. The largest absolute Gasteiger partial charge is 0.394 e. The summed E-state index contributed by atoms with van der Waals surface area (Å²) in [6, 6.07) is 3.95. The molecule has 2 aromatic heterocycles. The van der Waals surface area contributed by atoms with Gasteiger partial charge in [0.15, 0.2) is 11.7 Å². The van der Waals surface area contributed by atoms with Crippen molar-refractivity contribution in [2.45, 2.75) is 210 Å². The van der Waals surface area contributed by atoms with Crippen LogP contribution in [-0.4, -0.2) is 291 Å². The van der Waals surface area contributed by atoms with E-state index in [0.717, 1.165) is 26.5 Å². The maximum Gasteiger partial charge on any atom is 0.246 e. The Bertz CT molecular complexity index is 4760. The van der Waals surface area contributed by atoms with Crippen molar-refractivity contribution >= 4 is 140 Å². The van der Waals surface area contributed by atoms with Gasteiger partial charge in [-0.25, -0.2) is 0 Å². The number of nitrogens with zero attached hydrogens (tertiary/aromatic N) is 4. The topological polar surface area (TPSA) is 609 Å². The van der Waals surface area contributed by atoms with E-state index in [1.165, 1.54) is 39.9 Å². The molecule has 2 aliphatic rings. The molecule has 22 N–H and O–H groups in total. The summed E-state index contributed by atoms with van der Waals surface area (Å²) < 4.78 is 0. The van der Waals surface area contributed by atoms with Crippen molar-refractivity contribution < 1.29 is 91.7 Å². The second-order valence-corrected chi connectivity index (χ2v) is 33.9. The summed E-state index contributed by atoms with van der Waals surface area (Å²) in [5.41, 5.74) is 19.6. The molecule has 2 fully saturated rings. The molecule has 7 rings (SSSR count). The predicted octanol–water partition coefficient (Wildman–Crippen LogP) is -2.12. The van der Waals surface area contributed by atoms with Crippen LogP contribution in [-0.2, 0) is 101 Å². The molecule has 128 heavy (non-hydrogen) atoms. The van der Waals surface area contributed by atoms with Crippen molar-refractivity contribution in [1.82, 2.24) is 88.1 Å². The predicted molar refractivity (Wildman–Crippen MR) is 476 cm³/mol. The number of aromatic amines is 2. The van der Waals surface area contributed by atoms with Gasteiger partial charge in [-0.2, -0.15) is 0 Å². The van der Waals surface area contributed by atoms with Gasteiger partial charge in [0, 0.05) is 105 Å². The van der Waals surface area contributed by atoms with Crippen LogP contribution < -0.4 is 75.7 Å². The van der Waals surface area contributed by atoms with Crippen LogP contribution in [0, 0.1) is 23.2 Å². The first-order valence-electron chi connectivity index (χ1n) is 43.1. The number of guanidine groups is 1. The van der Waals surface area contributed by atoms with Crippen LogP contribution >= 0.6 is 11.8 Å². The van der Waals surface area contributed by atoms with Gasteiger partial charge in [0.25, 0.3) is 0 Å².